The Morgan fingerprint density at radius 3 is 2.17 bits per heavy atom. The van der Waals surface area contributed by atoms with E-state index in [0.29, 0.717) is 5.69 Å². The molecule has 0 aliphatic carbocycles. The van der Waals surface area contributed by atoms with Gasteiger partial charge in [0.2, 0.25) is 17.7 Å². The van der Waals surface area contributed by atoms with Gasteiger partial charge in [-0.15, -0.1) is 0 Å². The van der Waals surface area contributed by atoms with Crippen molar-refractivity contribution in [2.75, 3.05) is 12.3 Å². The molecular weight excluding hydrogens is 498 g/mol. The fourth-order valence-electron chi connectivity index (χ4n) is 2.88. The van der Waals surface area contributed by atoms with Crippen molar-refractivity contribution in [3.63, 3.8) is 0 Å². The molecule has 1 heterocycles. The van der Waals surface area contributed by atoms with E-state index in [2.05, 4.69) is 43.5 Å². The first-order valence-corrected chi connectivity index (χ1v) is 11.3. The van der Waals surface area contributed by atoms with Gasteiger partial charge >= 0.3 is 11.9 Å². The molecule has 0 aliphatic heterocycles. The summed E-state index contributed by atoms with van der Waals surface area (Å²) in [5.41, 5.74) is 16.7. The Bertz CT molecular complexity index is 938. The van der Waals surface area contributed by atoms with Crippen LogP contribution in [0.25, 0.3) is 0 Å². The molecule has 12 N–H and O–H groups in total. The maximum absolute atomic E-state index is 13.1. The first-order chi connectivity index (χ1) is 16.9. The van der Waals surface area contributed by atoms with Gasteiger partial charge in [0.15, 0.2) is 5.96 Å². The lowest BCUT2D eigenvalue weighted by Gasteiger charge is -2.24. The van der Waals surface area contributed by atoms with Gasteiger partial charge in [-0.25, -0.2) is 9.78 Å². The smallest absolute Gasteiger partial charge is 0.326 e. The average Bonchev–Trinajstić information content (AvgIpc) is 3.31. The number of carbonyl (C=O) groups is 5. The topological polar surface area (TPSA) is 281 Å². The number of hydrogen-bond acceptors (Lipinski definition) is 9. The van der Waals surface area contributed by atoms with Crippen LogP contribution in [0.1, 0.15) is 25.0 Å². The molecule has 0 saturated carbocycles. The number of nitrogens with one attached hydrogen (secondary N) is 4. The van der Waals surface area contributed by atoms with E-state index in [1.807, 2.05) is 0 Å². The summed E-state index contributed by atoms with van der Waals surface area (Å²) >= 11 is 3.96. The summed E-state index contributed by atoms with van der Waals surface area (Å²) in [6.07, 6.45) is 2.06. The maximum Gasteiger partial charge on any atom is 0.326 e. The molecule has 0 saturated heterocycles. The molecule has 0 fully saturated rings. The van der Waals surface area contributed by atoms with Crippen LogP contribution in [0.15, 0.2) is 17.5 Å². The zero-order valence-corrected chi connectivity index (χ0v) is 20.1. The highest BCUT2D eigenvalue weighted by Crippen LogP contribution is 2.05. The number of carbonyl (C=O) groups excluding carboxylic acids is 3. The van der Waals surface area contributed by atoms with E-state index >= 15 is 0 Å². The number of nitrogens with two attached hydrogens (primary N) is 3. The fourth-order valence-corrected chi connectivity index (χ4v) is 3.04. The monoisotopic (exact) mass is 529 g/mol. The van der Waals surface area contributed by atoms with E-state index in [-0.39, 0.29) is 37.5 Å². The summed E-state index contributed by atoms with van der Waals surface area (Å²) in [6, 6.07) is -5.23. The molecule has 16 nitrogen and oxygen atoms in total. The predicted octanol–water partition coefficient (Wildman–Crippen LogP) is -3.72. The number of rotatable bonds is 16. The lowest BCUT2D eigenvalue weighted by molar-refractivity contribution is -0.147. The van der Waals surface area contributed by atoms with E-state index in [4.69, 9.17) is 22.3 Å². The summed E-state index contributed by atoms with van der Waals surface area (Å²) < 4.78 is 0. The van der Waals surface area contributed by atoms with Crippen LogP contribution in [0.3, 0.4) is 0 Å². The van der Waals surface area contributed by atoms with Crippen molar-refractivity contribution in [3.05, 3.63) is 18.2 Å². The third-order valence-corrected chi connectivity index (χ3v) is 5.11. The third kappa shape index (κ3) is 11.0. The zero-order chi connectivity index (χ0) is 27.3. The van der Waals surface area contributed by atoms with Crippen LogP contribution in [-0.2, 0) is 30.4 Å². The van der Waals surface area contributed by atoms with E-state index in [1.165, 1.54) is 12.5 Å². The van der Waals surface area contributed by atoms with Crippen LogP contribution in [-0.4, -0.2) is 92.3 Å². The molecule has 1 aromatic heterocycles. The lowest BCUT2D eigenvalue weighted by Crippen LogP contribution is -2.58. The van der Waals surface area contributed by atoms with Crippen LogP contribution in [0.4, 0.5) is 0 Å². The molecule has 0 aromatic carbocycles. The Labute approximate surface area is 211 Å². The van der Waals surface area contributed by atoms with Gasteiger partial charge in [0.05, 0.1) is 18.8 Å². The van der Waals surface area contributed by atoms with E-state index < -0.39 is 60.2 Å². The van der Waals surface area contributed by atoms with Crippen molar-refractivity contribution in [1.29, 1.82) is 0 Å². The highest BCUT2D eigenvalue weighted by atomic mass is 32.1. The molecule has 0 bridgehead atoms. The normalized spacial score (nSPS) is 13.9. The number of guanidine groups is 1. The van der Waals surface area contributed by atoms with Crippen molar-refractivity contribution in [3.8, 4) is 0 Å². The molecule has 0 spiro atoms. The Kier molecular flexibility index (Phi) is 12.7. The second kappa shape index (κ2) is 15.2. The summed E-state index contributed by atoms with van der Waals surface area (Å²) in [6.45, 7) is 0.161. The van der Waals surface area contributed by atoms with Gasteiger partial charge in [-0.3, -0.25) is 24.2 Å². The number of amides is 3. The molecular formula is C19H31N9O7S. The number of H-pyrrole nitrogens is 1. The Balaban J connectivity index is 3.08. The Morgan fingerprint density at radius 2 is 1.64 bits per heavy atom. The molecule has 36 heavy (non-hydrogen) atoms. The highest BCUT2D eigenvalue weighted by Gasteiger charge is 2.31. The number of aliphatic imine (C=N–C) groups is 1. The van der Waals surface area contributed by atoms with Crippen molar-refractivity contribution in [2.45, 2.75) is 49.9 Å². The molecule has 4 unspecified atom stereocenters. The Morgan fingerprint density at radius 1 is 1.03 bits per heavy atom. The standard InChI is InChI=1S/C19H31N9O7S/c20-10(7-36)15(31)26-11(2-1-3-24-19(21)22)16(32)27-12(4-9-6-23-8-25-9)17(33)28-13(18(34)35)5-14(29)30/h6,8,10-13,36H,1-5,7,20H2,(H,23,25)(H,26,31)(H,27,32)(H,28,33)(H,29,30)(H,34,35)(H4,21,22,24). The average molecular weight is 530 g/mol. The first kappa shape index (κ1) is 30.2. The van der Waals surface area contributed by atoms with Crippen LogP contribution in [0, 0.1) is 0 Å². The van der Waals surface area contributed by atoms with Crippen molar-refractivity contribution in [2.24, 2.45) is 22.2 Å². The SMILES string of the molecule is NC(N)=NCCCC(NC(=O)C(N)CS)C(=O)NC(Cc1cnc[nH]1)C(=O)NC(CC(=O)O)C(=O)O. The van der Waals surface area contributed by atoms with Gasteiger partial charge < -0.3 is 48.3 Å². The van der Waals surface area contributed by atoms with Crippen LogP contribution >= 0.6 is 12.6 Å². The largest absolute Gasteiger partial charge is 0.481 e. The zero-order valence-electron chi connectivity index (χ0n) is 19.2. The number of imidazole rings is 1. The highest BCUT2D eigenvalue weighted by molar-refractivity contribution is 7.80. The van der Waals surface area contributed by atoms with E-state index in [1.54, 1.807) is 0 Å². The van der Waals surface area contributed by atoms with E-state index in [0.717, 1.165) is 0 Å². The lowest BCUT2D eigenvalue weighted by atomic mass is 10.1. The second-order valence-electron chi connectivity index (χ2n) is 7.64. The Hall–Kier alpha value is -3.86. The van der Waals surface area contributed by atoms with Crippen molar-refractivity contribution >= 4 is 48.2 Å². The molecule has 1 aromatic rings. The first-order valence-electron chi connectivity index (χ1n) is 10.7. The molecule has 1 rings (SSSR count). The fraction of sp³-hybridized carbons (Fsp3) is 0.526. The van der Waals surface area contributed by atoms with Crippen molar-refractivity contribution in [1.82, 2.24) is 25.9 Å². The van der Waals surface area contributed by atoms with Crippen LogP contribution in [0.5, 0.6) is 0 Å². The molecule has 3 amide bonds. The number of aliphatic carboxylic acids is 2. The molecule has 0 radical (unpaired) electrons. The summed E-state index contributed by atoms with van der Waals surface area (Å²) in [5, 5.41) is 25.2. The van der Waals surface area contributed by atoms with Crippen LogP contribution in [0.2, 0.25) is 0 Å². The molecule has 17 heteroatoms. The van der Waals surface area contributed by atoms with Gasteiger partial charge in [0.1, 0.15) is 18.1 Å². The third-order valence-electron chi connectivity index (χ3n) is 4.72. The minimum absolute atomic E-state index is 0.0131. The number of thiol groups is 1. The summed E-state index contributed by atoms with van der Waals surface area (Å²) in [5.74, 6) is -5.53. The second-order valence-corrected chi connectivity index (χ2v) is 8.00. The number of aromatic amines is 1. The maximum atomic E-state index is 13.1. The molecule has 0 aliphatic rings. The van der Waals surface area contributed by atoms with Gasteiger partial charge in [0.25, 0.3) is 0 Å². The van der Waals surface area contributed by atoms with Gasteiger partial charge in [-0.1, -0.05) is 0 Å². The van der Waals surface area contributed by atoms with Gasteiger partial charge in [0, 0.05) is 30.6 Å². The molecule has 200 valence electrons. The van der Waals surface area contributed by atoms with Gasteiger partial charge in [-0.05, 0) is 12.8 Å². The van der Waals surface area contributed by atoms with Crippen molar-refractivity contribution < 1.29 is 34.2 Å². The molecule has 4 atom stereocenters. The predicted molar refractivity (Wildman–Crippen MR) is 130 cm³/mol. The van der Waals surface area contributed by atoms with Gasteiger partial charge in [-0.2, -0.15) is 12.6 Å². The minimum atomic E-state index is -1.74. The minimum Gasteiger partial charge on any atom is -0.481 e. The van der Waals surface area contributed by atoms with E-state index in [9.17, 15) is 29.1 Å². The number of nitrogens with zero attached hydrogens (tertiary/aromatic N) is 2. The van der Waals surface area contributed by atoms with Crippen LogP contribution < -0.4 is 33.2 Å². The summed E-state index contributed by atoms with van der Waals surface area (Å²) in [7, 11) is 0. The number of aromatic nitrogens is 2. The number of carboxylic acid groups (broad SMARTS) is 2. The quantitative estimate of drug-likeness (QED) is 0.0430. The number of hydrogen-bond donors (Lipinski definition) is 10. The number of carboxylic acids is 2. The summed E-state index contributed by atoms with van der Waals surface area (Å²) in [4.78, 5) is 70.9.